The molecule has 0 atom stereocenters. The third-order valence-electron chi connectivity index (χ3n) is 3.32. The molecule has 1 aromatic rings. The molecular weight excluding hydrogens is 228 g/mol. The maximum absolute atomic E-state index is 12.1. The highest BCUT2D eigenvalue weighted by Crippen LogP contribution is 2.30. The first-order chi connectivity index (χ1) is 8.59. The van der Waals surface area contributed by atoms with E-state index in [4.69, 9.17) is 4.74 Å². The van der Waals surface area contributed by atoms with Crippen molar-refractivity contribution in [3.63, 3.8) is 0 Å². The van der Waals surface area contributed by atoms with Gasteiger partial charge in [0.2, 0.25) is 5.91 Å². The minimum absolute atomic E-state index is 0.140. The van der Waals surface area contributed by atoms with Gasteiger partial charge < -0.3 is 14.5 Å². The van der Waals surface area contributed by atoms with Crippen molar-refractivity contribution in [1.29, 1.82) is 0 Å². The van der Waals surface area contributed by atoms with Gasteiger partial charge in [-0.2, -0.15) is 0 Å². The Morgan fingerprint density at radius 3 is 2.89 bits per heavy atom. The molecule has 0 saturated carbocycles. The Balaban J connectivity index is 2.10. The SMILES string of the molecule is CC(C)N(C)C(=O)CN1CCOc2ccccc21. The largest absolute Gasteiger partial charge is 0.490 e. The fourth-order valence-electron chi connectivity index (χ4n) is 1.95. The van der Waals surface area contributed by atoms with E-state index in [1.165, 1.54) is 0 Å². The van der Waals surface area contributed by atoms with E-state index in [0.29, 0.717) is 13.2 Å². The highest BCUT2D eigenvalue weighted by atomic mass is 16.5. The van der Waals surface area contributed by atoms with Gasteiger partial charge in [0, 0.05) is 13.1 Å². The summed E-state index contributed by atoms with van der Waals surface area (Å²) in [4.78, 5) is 16.0. The Labute approximate surface area is 108 Å². The summed E-state index contributed by atoms with van der Waals surface area (Å²) in [6, 6.07) is 8.09. The van der Waals surface area contributed by atoms with Crippen LogP contribution in [0.3, 0.4) is 0 Å². The van der Waals surface area contributed by atoms with E-state index in [1.54, 1.807) is 4.90 Å². The highest BCUT2D eigenvalue weighted by Gasteiger charge is 2.21. The summed E-state index contributed by atoms with van der Waals surface area (Å²) < 4.78 is 5.58. The zero-order chi connectivity index (χ0) is 13.1. The number of hydrogen-bond acceptors (Lipinski definition) is 3. The number of rotatable bonds is 3. The predicted molar refractivity (Wildman–Crippen MR) is 72.1 cm³/mol. The molecule has 0 spiro atoms. The van der Waals surface area contributed by atoms with E-state index >= 15 is 0 Å². The molecule has 1 amide bonds. The fraction of sp³-hybridized carbons (Fsp3) is 0.500. The summed E-state index contributed by atoms with van der Waals surface area (Å²) in [5.74, 6) is 1.01. The van der Waals surface area contributed by atoms with Gasteiger partial charge in [0.05, 0.1) is 18.8 Å². The van der Waals surface area contributed by atoms with Crippen molar-refractivity contribution in [3.05, 3.63) is 24.3 Å². The van der Waals surface area contributed by atoms with Crippen LogP contribution in [-0.4, -0.2) is 43.6 Å². The maximum Gasteiger partial charge on any atom is 0.242 e. The summed E-state index contributed by atoms with van der Waals surface area (Å²) in [6.07, 6.45) is 0. The number of carbonyl (C=O) groups excluding carboxylic acids is 1. The van der Waals surface area contributed by atoms with Crippen LogP contribution in [0.25, 0.3) is 0 Å². The van der Waals surface area contributed by atoms with Gasteiger partial charge in [0.25, 0.3) is 0 Å². The van der Waals surface area contributed by atoms with Crippen molar-refractivity contribution in [2.24, 2.45) is 0 Å². The number of amides is 1. The second-order valence-corrected chi connectivity index (χ2v) is 4.84. The quantitative estimate of drug-likeness (QED) is 0.817. The molecule has 0 aromatic heterocycles. The Morgan fingerprint density at radius 1 is 1.44 bits per heavy atom. The van der Waals surface area contributed by atoms with Crippen LogP contribution in [0.2, 0.25) is 0 Å². The molecule has 4 heteroatoms. The number of anilines is 1. The lowest BCUT2D eigenvalue weighted by Crippen LogP contribution is -2.44. The van der Waals surface area contributed by atoms with Crippen molar-refractivity contribution in [1.82, 2.24) is 4.90 Å². The van der Waals surface area contributed by atoms with Crippen LogP contribution in [0.1, 0.15) is 13.8 Å². The maximum atomic E-state index is 12.1. The van der Waals surface area contributed by atoms with Crippen LogP contribution in [0.5, 0.6) is 5.75 Å². The van der Waals surface area contributed by atoms with Crippen molar-refractivity contribution in [3.8, 4) is 5.75 Å². The summed E-state index contributed by atoms with van der Waals surface area (Å²) in [6.45, 7) is 5.84. The number of ether oxygens (including phenoxy) is 1. The first-order valence-corrected chi connectivity index (χ1v) is 6.32. The van der Waals surface area contributed by atoms with Gasteiger partial charge >= 0.3 is 0 Å². The van der Waals surface area contributed by atoms with Gasteiger partial charge in [-0.1, -0.05) is 12.1 Å². The van der Waals surface area contributed by atoms with Crippen LogP contribution >= 0.6 is 0 Å². The minimum Gasteiger partial charge on any atom is -0.490 e. The second kappa shape index (κ2) is 5.29. The van der Waals surface area contributed by atoms with Crippen LogP contribution in [0, 0.1) is 0 Å². The number of carbonyl (C=O) groups is 1. The van der Waals surface area contributed by atoms with Crippen molar-refractivity contribution >= 4 is 11.6 Å². The molecule has 0 bridgehead atoms. The molecule has 0 unspecified atom stereocenters. The standard InChI is InChI=1S/C14H20N2O2/c1-11(2)15(3)14(17)10-16-8-9-18-13-7-5-4-6-12(13)16/h4-7,11H,8-10H2,1-3H3. The van der Waals surface area contributed by atoms with Crippen molar-refractivity contribution < 1.29 is 9.53 Å². The lowest BCUT2D eigenvalue weighted by molar-refractivity contribution is -0.129. The third kappa shape index (κ3) is 2.58. The molecule has 0 saturated heterocycles. The summed E-state index contributed by atoms with van der Waals surface area (Å²) in [5.41, 5.74) is 1.01. The van der Waals surface area contributed by atoms with E-state index in [-0.39, 0.29) is 11.9 Å². The molecule has 0 N–H and O–H groups in total. The second-order valence-electron chi connectivity index (χ2n) is 4.84. The van der Waals surface area contributed by atoms with E-state index in [9.17, 15) is 4.79 Å². The number of fused-ring (bicyclic) bond motifs is 1. The van der Waals surface area contributed by atoms with Gasteiger partial charge in [0.1, 0.15) is 12.4 Å². The number of likely N-dealkylation sites (N-methyl/N-ethyl adjacent to an activating group) is 1. The van der Waals surface area contributed by atoms with Gasteiger partial charge in [-0.05, 0) is 26.0 Å². The first-order valence-electron chi connectivity index (χ1n) is 6.32. The lowest BCUT2D eigenvalue weighted by Gasteiger charge is -2.32. The van der Waals surface area contributed by atoms with Crippen molar-refractivity contribution in [2.45, 2.75) is 19.9 Å². The molecular formula is C14H20N2O2. The Hall–Kier alpha value is -1.71. The molecule has 1 heterocycles. The molecule has 98 valence electrons. The summed E-state index contributed by atoms with van der Waals surface area (Å²) >= 11 is 0. The molecule has 1 aliphatic heterocycles. The van der Waals surface area contributed by atoms with Crippen LogP contribution < -0.4 is 9.64 Å². The molecule has 18 heavy (non-hydrogen) atoms. The summed E-state index contributed by atoms with van der Waals surface area (Å²) in [5, 5.41) is 0. The number of benzene rings is 1. The van der Waals surface area contributed by atoms with Gasteiger partial charge in [-0.25, -0.2) is 0 Å². The minimum atomic E-state index is 0.140. The highest BCUT2D eigenvalue weighted by molar-refractivity contribution is 5.82. The zero-order valence-corrected chi connectivity index (χ0v) is 11.2. The van der Waals surface area contributed by atoms with Gasteiger partial charge in [-0.15, -0.1) is 0 Å². The van der Waals surface area contributed by atoms with Gasteiger partial charge in [-0.3, -0.25) is 4.79 Å². The summed E-state index contributed by atoms with van der Waals surface area (Å²) in [7, 11) is 1.85. The first kappa shape index (κ1) is 12.7. The number of nitrogens with zero attached hydrogens (tertiary/aromatic N) is 2. The number of hydrogen-bond donors (Lipinski definition) is 0. The molecule has 4 nitrogen and oxygen atoms in total. The zero-order valence-electron chi connectivity index (χ0n) is 11.2. The van der Waals surface area contributed by atoms with E-state index in [2.05, 4.69) is 4.90 Å². The third-order valence-corrected chi connectivity index (χ3v) is 3.32. The van der Waals surface area contributed by atoms with Gasteiger partial charge in [0.15, 0.2) is 0 Å². The molecule has 0 aliphatic carbocycles. The normalized spacial score (nSPS) is 14.1. The van der Waals surface area contributed by atoms with E-state index in [0.717, 1.165) is 18.0 Å². The van der Waals surface area contributed by atoms with Crippen LogP contribution in [0.4, 0.5) is 5.69 Å². The molecule has 1 aliphatic rings. The van der Waals surface area contributed by atoms with Crippen LogP contribution in [-0.2, 0) is 4.79 Å². The monoisotopic (exact) mass is 248 g/mol. The van der Waals surface area contributed by atoms with Crippen LogP contribution in [0.15, 0.2) is 24.3 Å². The Kier molecular flexibility index (Phi) is 3.75. The van der Waals surface area contributed by atoms with Crippen molar-refractivity contribution in [2.75, 3.05) is 31.6 Å². The lowest BCUT2D eigenvalue weighted by atomic mass is 10.2. The average Bonchev–Trinajstić information content (AvgIpc) is 2.38. The molecule has 0 radical (unpaired) electrons. The molecule has 1 aromatic carbocycles. The molecule has 2 rings (SSSR count). The van der Waals surface area contributed by atoms with E-state index in [1.807, 2.05) is 45.2 Å². The Bertz CT molecular complexity index is 432. The van der Waals surface area contributed by atoms with E-state index < -0.39 is 0 Å². The predicted octanol–water partition coefficient (Wildman–Crippen LogP) is 1.75. The fourth-order valence-corrected chi connectivity index (χ4v) is 1.95. The Morgan fingerprint density at radius 2 is 2.17 bits per heavy atom. The number of para-hydroxylation sites is 2. The average molecular weight is 248 g/mol. The smallest absolute Gasteiger partial charge is 0.242 e. The topological polar surface area (TPSA) is 32.8 Å². The molecule has 0 fully saturated rings.